The molecule has 8 nitrogen and oxygen atoms in total. The maximum atomic E-state index is 14.5. The average molecular weight is 385 g/mol. The Hall–Kier alpha value is -3.49. The molecule has 2 heterocycles. The molecule has 9 heteroatoms. The molecule has 1 aliphatic heterocycles. The number of aromatic nitrogens is 1. The van der Waals surface area contributed by atoms with E-state index in [-0.39, 0.29) is 29.5 Å². The van der Waals surface area contributed by atoms with Crippen LogP contribution in [0.4, 0.5) is 10.1 Å². The Balaban J connectivity index is 1.89. The molecule has 1 aromatic carbocycles. The molecule has 28 heavy (non-hydrogen) atoms. The van der Waals surface area contributed by atoms with Crippen LogP contribution in [0.15, 0.2) is 41.5 Å². The Morgan fingerprint density at radius 1 is 1.36 bits per heavy atom. The van der Waals surface area contributed by atoms with Crippen LogP contribution in [0.2, 0.25) is 0 Å². The number of carbonyl (C=O) groups is 2. The highest BCUT2D eigenvalue weighted by atomic mass is 19.1. The zero-order valence-corrected chi connectivity index (χ0v) is 15.7. The van der Waals surface area contributed by atoms with Crippen LogP contribution in [0, 0.1) is 5.82 Å². The van der Waals surface area contributed by atoms with Crippen molar-refractivity contribution in [3.63, 3.8) is 0 Å². The van der Waals surface area contributed by atoms with E-state index in [0.29, 0.717) is 11.4 Å². The summed E-state index contributed by atoms with van der Waals surface area (Å²) in [5.41, 5.74) is 5.31. The largest absolute Gasteiger partial charge is 0.495 e. The summed E-state index contributed by atoms with van der Waals surface area (Å²) in [5.74, 6) is -0.748. The third kappa shape index (κ3) is 3.64. The lowest BCUT2D eigenvalue weighted by Crippen LogP contribution is -2.47. The van der Waals surface area contributed by atoms with Crippen LogP contribution in [-0.4, -0.2) is 41.8 Å². The summed E-state index contributed by atoms with van der Waals surface area (Å²) >= 11 is 0. The predicted octanol–water partition coefficient (Wildman–Crippen LogP) is 1.87. The second-order valence-electron chi connectivity index (χ2n) is 6.61. The molecule has 0 bridgehead atoms. The molecular formula is C19H20FN5O3. The van der Waals surface area contributed by atoms with Crippen molar-refractivity contribution in [1.82, 2.24) is 9.88 Å². The second-order valence-corrected chi connectivity index (χ2v) is 6.61. The van der Waals surface area contributed by atoms with Gasteiger partial charge in [0.05, 0.1) is 25.3 Å². The standard InChI is InChI=1S/C19H20FN5O3/c1-19(9-16(26)25(2)18(21)24-19)13-8-11(4-6-14(13)20)23-17(27)15-7-5-12(28-3)10-22-15/h4-8,10H,9H2,1-3H3,(H2,21,24)(H,23,27). The molecule has 0 radical (unpaired) electrons. The molecule has 1 aromatic heterocycles. The van der Waals surface area contributed by atoms with Crippen LogP contribution in [0.5, 0.6) is 5.75 Å². The summed E-state index contributed by atoms with van der Waals surface area (Å²) < 4.78 is 19.5. The quantitative estimate of drug-likeness (QED) is 0.835. The summed E-state index contributed by atoms with van der Waals surface area (Å²) in [6, 6.07) is 7.22. The van der Waals surface area contributed by atoms with Crippen LogP contribution in [-0.2, 0) is 10.3 Å². The van der Waals surface area contributed by atoms with E-state index in [0.717, 1.165) is 0 Å². The summed E-state index contributed by atoms with van der Waals surface area (Å²) in [6.07, 6.45) is 1.38. The van der Waals surface area contributed by atoms with Crippen molar-refractivity contribution >= 4 is 23.5 Å². The normalized spacial score (nSPS) is 19.2. The highest BCUT2D eigenvalue weighted by molar-refractivity contribution is 6.03. The number of methoxy groups -OCH3 is 1. The number of halogens is 1. The number of guanidine groups is 1. The Labute approximate surface area is 161 Å². The van der Waals surface area contributed by atoms with Crippen molar-refractivity contribution in [2.75, 3.05) is 19.5 Å². The first kappa shape index (κ1) is 19.3. The van der Waals surface area contributed by atoms with Crippen LogP contribution in [0.3, 0.4) is 0 Å². The van der Waals surface area contributed by atoms with Gasteiger partial charge < -0.3 is 15.8 Å². The summed E-state index contributed by atoms with van der Waals surface area (Å²) in [7, 11) is 3.01. The van der Waals surface area contributed by atoms with Gasteiger partial charge in [0, 0.05) is 18.3 Å². The number of anilines is 1. The smallest absolute Gasteiger partial charge is 0.274 e. The summed E-state index contributed by atoms with van der Waals surface area (Å²) in [6.45, 7) is 1.62. The molecule has 2 amide bonds. The molecular weight excluding hydrogens is 365 g/mol. The van der Waals surface area contributed by atoms with Gasteiger partial charge in [0.2, 0.25) is 5.91 Å². The van der Waals surface area contributed by atoms with Gasteiger partial charge in [-0.1, -0.05) is 0 Å². The molecule has 146 valence electrons. The molecule has 0 fully saturated rings. The van der Waals surface area contributed by atoms with Crippen LogP contribution >= 0.6 is 0 Å². The van der Waals surface area contributed by atoms with Crippen molar-refractivity contribution in [2.45, 2.75) is 18.9 Å². The molecule has 2 aromatic rings. The molecule has 0 spiro atoms. The third-order valence-electron chi connectivity index (χ3n) is 4.58. The number of carbonyl (C=O) groups excluding carboxylic acids is 2. The van der Waals surface area contributed by atoms with E-state index in [1.54, 1.807) is 13.0 Å². The van der Waals surface area contributed by atoms with Gasteiger partial charge in [-0.05, 0) is 37.3 Å². The molecule has 0 saturated carbocycles. The number of pyridine rings is 1. The lowest BCUT2D eigenvalue weighted by atomic mass is 9.87. The zero-order valence-electron chi connectivity index (χ0n) is 15.7. The maximum Gasteiger partial charge on any atom is 0.274 e. The van der Waals surface area contributed by atoms with E-state index in [4.69, 9.17) is 10.5 Å². The highest BCUT2D eigenvalue weighted by Gasteiger charge is 2.38. The monoisotopic (exact) mass is 385 g/mol. The van der Waals surface area contributed by atoms with Gasteiger partial charge >= 0.3 is 0 Å². The highest BCUT2D eigenvalue weighted by Crippen LogP contribution is 2.35. The van der Waals surface area contributed by atoms with Gasteiger partial charge in [-0.3, -0.25) is 14.5 Å². The molecule has 1 atom stereocenters. The number of nitrogens with two attached hydrogens (primary N) is 1. The lowest BCUT2D eigenvalue weighted by Gasteiger charge is -2.34. The summed E-state index contributed by atoms with van der Waals surface area (Å²) in [5, 5.41) is 2.67. The van der Waals surface area contributed by atoms with Gasteiger partial charge in [0.15, 0.2) is 5.96 Å². The third-order valence-corrected chi connectivity index (χ3v) is 4.58. The van der Waals surface area contributed by atoms with Crippen molar-refractivity contribution in [1.29, 1.82) is 0 Å². The number of nitrogens with zero attached hydrogens (tertiary/aromatic N) is 3. The molecule has 3 N–H and O–H groups in total. The fraction of sp³-hybridized carbons (Fsp3) is 0.263. The van der Waals surface area contributed by atoms with E-state index in [1.165, 1.54) is 49.5 Å². The second kappa shape index (κ2) is 7.26. The van der Waals surface area contributed by atoms with E-state index in [9.17, 15) is 14.0 Å². The van der Waals surface area contributed by atoms with Crippen molar-refractivity contribution in [3.8, 4) is 5.75 Å². The molecule has 1 unspecified atom stereocenters. The van der Waals surface area contributed by atoms with Crippen molar-refractivity contribution in [2.24, 2.45) is 10.7 Å². The Morgan fingerprint density at radius 2 is 2.11 bits per heavy atom. The average Bonchev–Trinajstić information content (AvgIpc) is 2.67. The number of rotatable bonds is 4. The number of nitrogens with one attached hydrogen (secondary N) is 1. The van der Waals surface area contributed by atoms with E-state index in [2.05, 4.69) is 15.3 Å². The summed E-state index contributed by atoms with van der Waals surface area (Å²) in [4.78, 5) is 34.1. The van der Waals surface area contributed by atoms with Gasteiger partial charge in [-0.15, -0.1) is 0 Å². The van der Waals surface area contributed by atoms with E-state index >= 15 is 0 Å². The first-order chi connectivity index (χ1) is 13.2. The van der Waals surface area contributed by atoms with Gasteiger partial charge in [-0.2, -0.15) is 0 Å². The predicted molar refractivity (Wildman–Crippen MR) is 102 cm³/mol. The van der Waals surface area contributed by atoms with E-state index < -0.39 is 17.3 Å². The Bertz CT molecular complexity index is 961. The number of aliphatic imine (C=N–C) groups is 1. The minimum absolute atomic E-state index is 0.00928. The van der Waals surface area contributed by atoms with Crippen molar-refractivity contribution in [3.05, 3.63) is 53.6 Å². The number of ether oxygens (including phenoxy) is 1. The number of hydrogen-bond acceptors (Lipinski definition) is 6. The van der Waals surface area contributed by atoms with Crippen LogP contribution in [0.1, 0.15) is 29.4 Å². The minimum atomic E-state index is -1.17. The van der Waals surface area contributed by atoms with Crippen molar-refractivity contribution < 1.29 is 18.7 Å². The van der Waals surface area contributed by atoms with Gasteiger partial charge in [-0.25, -0.2) is 14.4 Å². The number of hydrogen-bond donors (Lipinski definition) is 2. The lowest BCUT2D eigenvalue weighted by molar-refractivity contribution is -0.128. The SMILES string of the molecule is COc1ccc(C(=O)Nc2ccc(F)c(C3(C)CC(=O)N(C)C(N)=N3)c2)nc1. The fourth-order valence-corrected chi connectivity index (χ4v) is 2.91. The Morgan fingerprint density at radius 3 is 2.71 bits per heavy atom. The molecule has 3 rings (SSSR count). The zero-order chi connectivity index (χ0) is 20.5. The van der Waals surface area contributed by atoms with Crippen LogP contribution < -0.4 is 15.8 Å². The molecule has 1 aliphatic rings. The molecule has 0 saturated heterocycles. The fourth-order valence-electron chi connectivity index (χ4n) is 2.91. The van der Waals surface area contributed by atoms with Crippen LogP contribution in [0.25, 0.3) is 0 Å². The first-order valence-corrected chi connectivity index (χ1v) is 8.47. The number of benzene rings is 1. The topological polar surface area (TPSA) is 110 Å². The number of amides is 2. The maximum absolute atomic E-state index is 14.5. The first-order valence-electron chi connectivity index (χ1n) is 8.47. The van der Waals surface area contributed by atoms with Gasteiger partial charge in [0.25, 0.3) is 5.91 Å². The van der Waals surface area contributed by atoms with E-state index in [1.807, 2.05) is 0 Å². The van der Waals surface area contributed by atoms with Gasteiger partial charge in [0.1, 0.15) is 17.3 Å². The minimum Gasteiger partial charge on any atom is -0.495 e. The Kier molecular flexibility index (Phi) is 5.00. The molecule has 0 aliphatic carbocycles.